The van der Waals surface area contributed by atoms with Crippen LogP contribution >= 0.6 is 0 Å². The zero-order valence-electron chi connectivity index (χ0n) is 19.4. The van der Waals surface area contributed by atoms with Crippen LogP contribution < -0.4 is 21.3 Å². The molecule has 4 N–H and O–H groups in total. The molecular formula is C25H33FN6O2. The molecule has 1 aromatic heterocycles. The van der Waals surface area contributed by atoms with Crippen LogP contribution in [-0.4, -0.2) is 41.1 Å². The zero-order chi connectivity index (χ0) is 23.5. The maximum absolute atomic E-state index is 14.3. The molecule has 8 nitrogen and oxygen atoms in total. The predicted octanol–water partition coefficient (Wildman–Crippen LogP) is 4.63. The fraction of sp³-hybridized carbons (Fsp3) is 0.520. The van der Waals surface area contributed by atoms with Crippen LogP contribution in [-0.2, 0) is 9.47 Å². The van der Waals surface area contributed by atoms with Gasteiger partial charge in [0.25, 0.3) is 0 Å². The molecule has 9 heteroatoms. The predicted molar refractivity (Wildman–Crippen MR) is 131 cm³/mol. The van der Waals surface area contributed by atoms with Crippen LogP contribution in [0.15, 0.2) is 42.9 Å². The van der Waals surface area contributed by atoms with Crippen LogP contribution in [0.5, 0.6) is 0 Å². The van der Waals surface area contributed by atoms with Crippen LogP contribution in [0.4, 0.5) is 27.5 Å². The van der Waals surface area contributed by atoms with Crippen molar-refractivity contribution in [2.45, 2.75) is 69.2 Å². The van der Waals surface area contributed by atoms with Crippen molar-refractivity contribution in [2.24, 2.45) is 0 Å². The Morgan fingerprint density at radius 1 is 1.12 bits per heavy atom. The summed E-state index contributed by atoms with van der Waals surface area (Å²) in [5, 5.41) is 6.61. The average Bonchev–Trinajstić information content (AvgIpc) is 3.52. The molecule has 3 fully saturated rings. The summed E-state index contributed by atoms with van der Waals surface area (Å²) in [6.45, 7) is 5.57. The van der Waals surface area contributed by atoms with Crippen LogP contribution in [0, 0.1) is 5.82 Å². The van der Waals surface area contributed by atoms with E-state index in [0.717, 1.165) is 51.4 Å². The number of benzene rings is 1. The number of nitrogens with two attached hydrogens (primary N) is 1. The van der Waals surface area contributed by atoms with Gasteiger partial charge in [0, 0.05) is 24.9 Å². The smallest absolute Gasteiger partial charge is 0.224 e. The molecular weight excluding hydrogens is 435 g/mol. The maximum Gasteiger partial charge on any atom is 0.224 e. The lowest BCUT2D eigenvalue weighted by Gasteiger charge is -2.36. The summed E-state index contributed by atoms with van der Waals surface area (Å²) in [7, 11) is 0. The minimum Gasteiger partial charge on any atom is -0.394 e. The highest BCUT2D eigenvalue weighted by Gasteiger charge is 2.40. The third kappa shape index (κ3) is 4.81. The molecule has 1 saturated heterocycles. The number of nitrogens with zero attached hydrogens (tertiary/aromatic N) is 3. The molecule has 2 saturated carbocycles. The number of ether oxygens (including phenoxy) is 2. The number of anilines is 4. The van der Waals surface area contributed by atoms with Crippen LogP contribution in [0.1, 0.15) is 51.4 Å². The minimum atomic E-state index is -0.402. The number of nitrogen functional groups attached to an aromatic ring is 1. The summed E-state index contributed by atoms with van der Waals surface area (Å²) in [5.41, 5.74) is 7.19. The molecule has 0 atom stereocenters. The Hall–Kier alpha value is -2.91. The molecule has 34 heavy (non-hydrogen) atoms. The third-order valence-electron chi connectivity index (χ3n) is 7.05. The van der Waals surface area contributed by atoms with Crippen LogP contribution in [0.2, 0.25) is 0 Å². The first kappa shape index (κ1) is 22.9. The number of rotatable bonds is 7. The SMILES string of the molecule is C=C(Nc1ccccc1F)N(c1nc(NC2CCC3(CC2)OCCO3)ncc1N)C1CCCC1. The summed E-state index contributed by atoms with van der Waals surface area (Å²) < 4.78 is 26.0. The average molecular weight is 469 g/mol. The van der Waals surface area contributed by atoms with Gasteiger partial charge in [0.05, 0.1) is 30.8 Å². The Labute approximate surface area is 199 Å². The van der Waals surface area contributed by atoms with E-state index in [9.17, 15) is 4.39 Å². The van der Waals surface area contributed by atoms with Gasteiger partial charge in [-0.3, -0.25) is 0 Å². The van der Waals surface area contributed by atoms with E-state index in [0.29, 0.717) is 42.2 Å². The molecule has 0 radical (unpaired) electrons. The first-order valence-corrected chi connectivity index (χ1v) is 12.2. The number of hydrogen-bond donors (Lipinski definition) is 3. The number of nitrogens with one attached hydrogen (secondary N) is 2. The van der Waals surface area contributed by atoms with E-state index in [4.69, 9.17) is 20.2 Å². The Balaban J connectivity index is 1.34. The topological polar surface area (TPSA) is 97.6 Å². The highest BCUT2D eigenvalue weighted by molar-refractivity contribution is 5.68. The second-order valence-electron chi connectivity index (χ2n) is 9.36. The molecule has 0 amide bonds. The van der Waals surface area contributed by atoms with Crippen molar-refractivity contribution in [3.8, 4) is 0 Å². The first-order valence-electron chi connectivity index (χ1n) is 12.2. The Kier molecular flexibility index (Phi) is 6.56. The Morgan fingerprint density at radius 2 is 1.82 bits per heavy atom. The van der Waals surface area contributed by atoms with Gasteiger partial charge in [0.15, 0.2) is 11.6 Å². The van der Waals surface area contributed by atoms with E-state index >= 15 is 0 Å². The lowest BCUT2D eigenvalue weighted by Crippen LogP contribution is -2.39. The molecule has 0 unspecified atom stereocenters. The van der Waals surface area contributed by atoms with E-state index in [2.05, 4.69) is 22.2 Å². The number of hydrogen-bond acceptors (Lipinski definition) is 8. The monoisotopic (exact) mass is 468 g/mol. The molecule has 1 aliphatic heterocycles. The van der Waals surface area contributed by atoms with Crippen molar-refractivity contribution in [1.82, 2.24) is 9.97 Å². The van der Waals surface area contributed by atoms with E-state index in [1.807, 2.05) is 4.90 Å². The summed E-state index contributed by atoms with van der Waals surface area (Å²) >= 11 is 0. The highest BCUT2D eigenvalue weighted by atomic mass is 19.1. The Morgan fingerprint density at radius 3 is 2.53 bits per heavy atom. The van der Waals surface area contributed by atoms with E-state index in [1.54, 1.807) is 24.4 Å². The lowest BCUT2D eigenvalue weighted by atomic mass is 9.90. The molecule has 1 aromatic carbocycles. The fourth-order valence-corrected chi connectivity index (χ4v) is 5.28. The second-order valence-corrected chi connectivity index (χ2v) is 9.36. The molecule has 3 aliphatic rings. The molecule has 2 heterocycles. The number of halogens is 1. The fourth-order valence-electron chi connectivity index (χ4n) is 5.28. The number of aromatic nitrogens is 2. The largest absolute Gasteiger partial charge is 0.394 e. The highest BCUT2D eigenvalue weighted by Crippen LogP contribution is 2.37. The maximum atomic E-state index is 14.3. The van der Waals surface area contributed by atoms with Crippen LogP contribution in [0.25, 0.3) is 0 Å². The van der Waals surface area contributed by atoms with Gasteiger partial charge in [0.2, 0.25) is 5.95 Å². The van der Waals surface area contributed by atoms with Crippen LogP contribution in [0.3, 0.4) is 0 Å². The molecule has 1 spiro atoms. The van der Waals surface area contributed by atoms with Gasteiger partial charge in [-0.25, -0.2) is 9.37 Å². The first-order chi connectivity index (χ1) is 16.5. The summed E-state index contributed by atoms with van der Waals surface area (Å²) in [6, 6.07) is 6.98. The van der Waals surface area contributed by atoms with Gasteiger partial charge in [0.1, 0.15) is 11.6 Å². The number of para-hydroxylation sites is 1. The normalized spacial score (nSPS) is 20.5. The molecule has 5 rings (SSSR count). The van der Waals surface area contributed by atoms with Crippen molar-refractivity contribution >= 4 is 23.1 Å². The lowest BCUT2D eigenvalue weighted by molar-refractivity contribution is -0.177. The van der Waals surface area contributed by atoms with Crippen molar-refractivity contribution < 1.29 is 13.9 Å². The third-order valence-corrected chi connectivity index (χ3v) is 7.05. The van der Waals surface area contributed by atoms with Crippen molar-refractivity contribution in [3.05, 3.63) is 48.7 Å². The molecule has 182 valence electrons. The van der Waals surface area contributed by atoms with E-state index < -0.39 is 5.79 Å². The van der Waals surface area contributed by atoms with Gasteiger partial charge in [-0.2, -0.15) is 4.98 Å². The van der Waals surface area contributed by atoms with Gasteiger partial charge < -0.3 is 30.7 Å². The van der Waals surface area contributed by atoms with Gasteiger partial charge >= 0.3 is 0 Å². The van der Waals surface area contributed by atoms with Gasteiger partial charge in [-0.05, 0) is 37.8 Å². The molecule has 2 aliphatic carbocycles. The Bertz CT molecular complexity index is 1010. The van der Waals surface area contributed by atoms with E-state index in [1.165, 1.54) is 6.07 Å². The second kappa shape index (κ2) is 9.76. The summed E-state index contributed by atoms with van der Waals surface area (Å²) in [6.07, 6.45) is 9.40. The minimum absolute atomic E-state index is 0.183. The molecule has 0 bridgehead atoms. The zero-order valence-corrected chi connectivity index (χ0v) is 19.4. The van der Waals surface area contributed by atoms with Crippen molar-refractivity contribution in [3.63, 3.8) is 0 Å². The quantitative estimate of drug-likeness (QED) is 0.541. The summed E-state index contributed by atoms with van der Waals surface area (Å²) in [4.78, 5) is 11.3. The standard InChI is InChI=1S/C25H33FN6O2/c1-17(29-22-9-5-4-8-20(22)26)32(19-6-2-3-7-19)23-21(27)16-28-24(31-23)30-18-10-12-25(13-11-18)33-14-15-34-25/h4-5,8-9,16,18-19,29H,1-3,6-7,10-15,27H2,(H,28,30,31). The van der Waals surface area contributed by atoms with Gasteiger partial charge in [-0.1, -0.05) is 31.6 Å². The van der Waals surface area contributed by atoms with Gasteiger partial charge in [-0.15, -0.1) is 0 Å². The van der Waals surface area contributed by atoms with E-state index in [-0.39, 0.29) is 17.9 Å². The molecule has 2 aromatic rings. The van der Waals surface area contributed by atoms with Crippen molar-refractivity contribution in [1.29, 1.82) is 0 Å². The van der Waals surface area contributed by atoms with Crippen molar-refractivity contribution in [2.75, 3.05) is 34.5 Å². The summed E-state index contributed by atoms with van der Waals surface area (Å²) in [5.74, 6) is 0.927.